The van der Waals surface area contributed by atoms with Crippen LogP contribution in [0.2, 0.25) is 0 Å². The highest BCUT2D eigenvalue weighted by Crippen LogP contribution is 2.25. The SMILES string of the molecule is C=CCSCCNC(=NC)NCc1ccccc1OC(F)(F)F.I. The fourth-order valence-electron chi connectivity index (χ4n) is 1.68. The van der Waals surface area contributed by atoms with Crippen LogP contribution in [0.15, 0.2) is 41.9 Å². The van der Waals surface area contributed by atoms with Crippen LogP contribution in [0.25, 0.3) is 0 Å². The topological polar surface area (TPSA) is 45.7 Å². The zero-order valence-electron chi connectivity index (χ0n) is 13.2. The lowest BCUT2D eigenvalue weighted by molar-refractivity contribution is -0.274. The first kappa shape index (κ1) is 22.9. The van der Waals surface area contributed by atoms with Crippen molar-refractivity contribution in [3.05, 3.63) is 42.5 Å². The molecule has 1 aromatic carbocycles. The van der Waals surface area contributed by atoms with Crippen molar-refractivity contribution in [3.63, 3.8) is 0 Å². The molecule has 0 unspecified atom stereocenters. The Morgan fingerprint density at radius 3 is 2.67 bits per heavy atom. The third kappa shape index (κ3) is 9.91. The smallest absolute Gasteiger partial charge is 0.405 e. The highest BCUT2D eigenvalue weighted by Gasteiger charge is 2.31. The summed E-state index contributed by atoms with van der Waals surface area (Å²) in [5.41, 5.74) is 0.397. The van der Waals surface area contributed by atoms with Crippen molar-refractivity contribution >= 4 is 41.7 Å². The van der Waals surface area contributed by atoms with Crippen molar-refractivity contribution in [2.75, 3.05) is 25.1 Å². The number of hydrogen-bond donors (Lipinski definition) is 2. The van der Waals surface area contributed by atoms with Gasteiger partial charge in [-0.1, -0.05) is 24.3 Å². The third-order valence-corrected chi connectivity index (χ3v) is 3.61. The van der Waals surface area contributed by atoms with Crippen molar-refractivity contribution in [2.24, 2.45) is 4.99 Å². The summed E-state index contributed by atoms with van der Waals surface area (Å²) in [6.45, 7) is 4.50. The second-order valence-electron chi connectivity index (χ2n) is 4.37. The van der Waals surface area contributed by atoms with E-state index in [0.717, 1.165) is 11.5 Å². The van der Waals surface area contributed by atoms with Gasteiger partial charge in [-0.2, -0.15) is 11.8 Å². The fraction of sp³-hybridized carbons (Fsp3) is 0.400. The number of benzene rings is 1. The van der Waals surface area contributed by atoms with Crippen molar-refractivity contribution in [1.29, 1.82) is 0 Å². The van der Waals surface area contributed by atoms with Gasteiger partial charge in [0, 0.05) is 37.2 Å². The third-order valence-electron chi connectivity index (χ3n) is 2.64. The maximum absolute atomic E-state index is 12.4. The number of nitrogens with one attached hydrogen (secondary N) is 2. The molecular weight excluding hydrogens is 454 g/mol. The molecule has 0 aliphatic rings. The predicted octanol–water partition coefficient (Wildman–Crippen LogP) is 3.79. The standard InChI is InChI=1S/C15H20F3N3OS.HI/c1-3-9-23-10-8-20-14(19-2)21-11-12-6-4-5-7-13(12)22-15(16,17)18;/h3-7H,1,8-11H2,2H3,(H2,19,20,21);1H. The lowest BCUT2D eigenvalue weighted by Gasteiger charge is -2.15. The summed E-state index contributed by atoms with van der Waals surface area (Å²) in [5, 5.41) is 6.05. The molecule has 1 rings (SSSR count). The Hall–Kier alpha value is -1.10. The molecule has 0 spiro atoms. The van der Waals surface area contributed by atoms with E-state index < -0.39 is 6.36 Å². The maximum atomic E-state index is 12.4. The number of guanidine groups is 1. The number of aliphatic imine (C=N–C) groups is 1. The van der Waals surface area contributed by atoms with E-state index in [4.69, 9.17) is 0 Å². The molecule has 0 saturated carbocycles. The molecule has 0 fully saturated rings. The van der Waals surface area contributed by atoms with Crippen LogP contribution in [0.4, 0.5) is 13.2 Å². The van der Waals surface area contributed by atoms with Crippen LogP contribution in [-0.4, -0.2) is 37.4 Å². The van der Waals surface area contributed by atoms with Crippen LogP contribution in [0, 0.1) is 0 Å². The van der Waals surface area contributed by atoms with Gasteiger partial charge in [0.2, 0.25) is 0 Å². The van der Waals surface area contributed by atoms with Crippen LogP contribution in [0.1, 0.15) is 5.56 Å². The lowest BCUT2D eigenvalue weighted by Crippen LogP contribution is -2.38. The number of alkyl halides is 3. The van der Waals surface area contributed by atoms with Gasteiger partial charge in [-0.15, -0.1) is 43.7 Å². The van der Waals surface area contributed by atoms with Crippen LogP contribution in [0.5, 0.6) is 5.75 Å². The Bertz CT molecular complexity index is 527. The molecule has 9 heteroatoms. The van der Waals surface area contributed by atoms with E-state index in [1.54, 1.807) is 30.9 Å². The van der Waals surface area contributed by atoms with Gasteiger partial charge in [0.05, 0.1) is 0 Å². The Balaban J connectivity index is 0.00000529. The summed E-state index contributed by atoms with van der Waals surface area (Å²) < 4.78 is 41.1. The van der Waals surface area contributed by atoms with Gasteiger partial charge in [-0.25, -0.2) is 0 Å². The molecule has 0 bridgehead atoms. The second-order valence-corrected chi connectivity index (χ2v) is 5.52. The molecule has 0 heterocycles. The first-order chi connectivity index (χ1) is 11.0. The minimum absolute atomic E-state index is 0. The normalized spacial score (nSPS) is 11.4. The predicted molar refractivity (Wildman–Crippen MR) is 104 cm³/mol. The van der Waals surface area contributed by atoms with Gasteiger partial charge >= 0.3 is 6.36 Å². The minimum atomic E-state index is -4.71. The second kappa shape index (κ2) is 12.3. The largest absolute Gasteiger partial charge is 0.573 e. The van der Waals surface area contributed by atoms with Gasteiger partial charge in [0.25, 0.3) is 0 Å². The van der Waals surface area contributed by atoms with Gasteiger partial charge < -0.3 is 15.4 Å². The molecule has 0 aromatic heterocycles. The Kier molecular flexibility index (Phi) is 11.7. The summed E-state index contributed by atoms with van der Waals surface area (Å²) in [7, 11) is 1.60. The van der Waals surface area contributed by atoms with Crippen LogP contribution in [0.3, 0.4) is 0 Å². The number of nitrogens with zero attached hydrogens (tertiary/aromatic N) is 1. The van der Waals surface area contributed by atoms with E-state index in [1.165, 1.54) is 12.1 Å². The minimum Gasteiger partial charge on any atom is -0.405 e. The summed E-state index contributed by atoms with van der Waals surface area (Å²) in [6.07, 6.45) is -2.88. The van der Waals surface area contributed by atoms with E-state index in [1.807, 2.05) is 6.08 Å². The van der Waals surface area contributed by atoms with Crippen LogP contribution >= 0.6 is 35.7 Å². The van der Waals surface area contributed by atoms with Crippen molar-refractivity contribution in [1.82, 2.24) is 10.6 Å². The molecule has 0 radical (unpaired) electrons. The molecule has 0 amide bonds. The van der Waals surface area contributed by atoms with Crippen molar-refractivity contribution < 1.29 is 17.9 Å². The zero-order chi connectivity index (χ0) is 17.1. The van der Waals surface area contributed by atoms with Crippen molar-refractivity contribution in [3.8, 4) is 5.75 Å². The van der Waals surface area contributed by atoms with Crippen LogP contribution < -0.4 is 15.4 Å². The number of hydrogen-bond acceptors (Lipinski definition) is 3. The molecule has 4 nitrogen and oxygen atoms in total. The van der Waals surface area contributed by atoms with Crippen molar-refractivity contribution in [2.45, 2.75) is 12.9 Å². The zero-order valence-corrected chi connectivity index (χ0v) is 16.4. The molecule has 0 atom stereocenters. The van der Waals surface area contributed by atoms with E-state index in [9.17, 15) is 13.2 Å². The molecule has 0 saturated heterocycles. The first-order valence-electron chi connectivity index (χ1n) is 6.93. The quantitative estimate of drug-likeness (QED) is 0.198. The highest BCUT2D eigenvalue weighted by atomic mass is 127. The highest BCUT2D eigenvalue weighted by molar-refractivity contribution is 14.0. The summed E-state index contributed by atoms with van der Waals surface area (Å²) >= 11 is 1.72. The van der Waals surface area contributed by atoms with E-state index >= 15 is 0 Å². The number of ether oxygens (including phenoxy) is 1. The number of para-hydroxylation sites is 1. The molecule has 1 aromatic rings. The summed E-state index contributed by atoms with van der Waals surface area (Å²) in [4.78, 5) is 4.03. The molecule has 0 aliphatic carbocycles. The van der Waals surface area contributed by atoms with E-state index in [2.05, 4.69) is 26.9 Å². The van der Waals surface area contributed by atoms with E-state index in [0.29, 0.717) is 18.1 Å². The molecule has 136 valence electrons. The van der Waals surface area contributed by atoms with Gasteiger partial charge in [-0.05, 0) is 6.07 Å². The monoisotopic (exact) mass is 475 g/mol. The Morgan fingerprint density at radius 2 is 2.04 bits per heavy atom. The molecular formula is C15H21F3IN3OS. The molecule has 0 aliphatic heterocycles. The number of halogens is 4. The van der Waals surface area contributed by atoms with Gasteiger partial charge in [-0.3, -0.25) is 4.99 Å². The average Bonchev–Trinajstić information content (AvgIpc) is 2.50. The van der Waals surface area contributed by atoms with Crippen LogP contribution in [-0.2, 0) is 6.54 Å². The first-order valence-corrected chi connectivity index (χ1v) is 8.08. The van der Waals surface area contributed by atoms with Gasteiger partial charge in [0.1, 0.15) is 5.75 Å². The Morgan fingerprint density at radius 1 is 1.33 bits per heavy atom. The fourth-order valence-corrected chi connectivity index (χ4v) is 2.26. The summed E-state index contributed by atoms with van der Waals surface area (Å²) in [6, 6.07) is 6.00. The van der Waals surface area contributed by atoms with Gasteiger partial charge in [0.15, 0.2) is 5.96 Å². The lowest BCUT2D eigenvalue weighted by atomic mass is 10.2. The summed E-state index contributed by atoms with van der Waals surface area (Å²) in [5.74, 6) is 2.05. The Labute approximate surface area is 161 Å². The number of rotatable bonds is 8. The molecule has 2 N–H and O–H groups in total. The number of thioether (sulfide) groups is 1. The molecule has 24 heavy (non-hydrogen) atoms. The maximum Gasteiger partial charge on any atom is 0.573 e. The average molecular weight is 475 g/mol. The van der Waals surface area contributed by atoms with E-state index in [-0.39, 0.29) is 36.3 Å².